The van der Waals surface area contributed by atoms with E-state index in [0.717, 1.165) is 12.8 Å². The fourth-order valence-corrected chi connectivity index (χ4v) is 7.78. The van der Waals surface area contributed by atoms with Crippen LogP contribution in [-0.4, -0.2) is 74.3 Å². The van der Waals surface area contributed by atoms with Crippen molar-refractivity contribution in [3.63, 3.8) is 0 Å². The van der Waals surface area contributed by atoms with Crippen molar-refractivity contribution in [3.8, 4) is 29.0 Å². The molecule has 0 radical (unpaired) electrons. The number of β-amino-alcohol motifs (C(OH)–C–C–N with tert-alkyl or cyclic N) is 1. The van der Waals surface area contributed by atoms with Gasteiger partial charge >= 0.3 is 6.09 Å². The molecule has 1 aromatic heterocycles. The largest absolute Gasteiger partial charge is 0.465 e. The van der Waals surface area contributed by atoms with Crippen LogP contribution < -0.4 is 5.32 Å². The number of aryl methyl sites for hydroxylation is 1. The maximum Gasteiger partial charge on any atom is 0.407 e. The molecule has 5 atom stereocenters. The number of likely N-dealkylation sites (tertiary alicyclic amines) is 1. The molecule has 5 aliphatic rings. The Morgan fingerprint density at radius 1 is 1.15 bits per heavy atom. The summed E-state index contributed by atoms with van der Waals surface area (Å²) in [7, 11) is 0. The highest BCUT2D eigenvalue weighted by molar-refractivity contribution is 6.43. The molecule has 3 aliphatic heterocycles. The molecule has 0 spiro atoms. The Bertz CT molecular complexity index is 1940. The van der Waals surface area contributed by atoms with Gasteiger partial charge in [0.2, 0.25) is 5.91 Å². The molecule has 0 unspecified atom stereocenters. The van der Waals surface area contributed by atoms with Gasteiger partial charge in [-0.15, -0.1) is 0 Å². The molecular formula is C34H29Cl3FN5O4. The van der Waals surface area contributed by atoms with E-state index in [2.05, 4.69) is 28.2 Å². The monoisotopic (exact) mass is 695 g/mol. The standard InChI is InChI=1S/C34H29Cl3FN5O4/c35-24-5-1-4-21(27(24)36)26-17(3-2-10-39)11-23-30(40-29-18-12-25(29)43(14-18)34(46)47)22(32(37)41-31(23)28(26)38)9-8-19-13-20(44)15-42(19)33(45)16-6-7-16/h1,4-5,11,16,18-20,25,29,44H,2-3,6-7,12-15H2,(H,40,41)(H,46,47)/t18-,19+,20+,25-,29+/m1/s1. The van der Waals surface area contributed by atoms with Crippen molar-refractivity contribution in [1.82, 2.24) is 14.8 Å². The second kappa shape index (κ2) is 12.3. The number of nitrogens with zero attached hydrogens (tertiary/aromatic N) is 4. The maximum atomic E-state index is 16.8. The summed E-state index contributed by atoms with van der Waals surface area (Å²) in [5, 5.41) is 33.7. The van der Waals surface area contributed by atoms with E-state index < -0.39 is 24.1 Å². The summed E-state index contributed by atoms with van der Waals surface area (Å²) in [5.74, 6) is 5.50. The van der Waals surface area contributed by atoms with Gasteiger partial charge in [-0.3, -0.25) is 4.79 Å². The van der Waals surface area contributed by atoms with E-state index >= 15 is 4.39 Å². The molecular weight excluding hydrogens is 668 g/mol. The van der Waals surface area contributed by atoms with Crippen molar-refractivity contribution in [1.29, 1.82) is 5.26 Å². The normalized spacial score (nSPS) is 24.5. The van der Waals surface area contributed by atoms with Gasteiger partial charge < -0.3 is 25.3 Å². The summed E-state index contributed by atoms with van der Waals surface area (Å²) in [6.45, 7) is 0.565. The van der Waals surface area contributed by atoms with Crippen LogP contribution >= 0.6 is 34.8 Å². The van der Waals surface area contributed by atoms with E-state index in [9.17, 15) is 25.1 Å². The number of anilines is 1. The van der Waals surface area contributed by atoms with Crippen molar-refractivity contribution in [3.05, 3.63) is 56.4 Å². The quantitative estimate of drug-likeness (QED) is 0.203. The predicted molar refractivity (Wildman–Crippen MR) is 176 cm³/mol. The molecule has 47 heavy (non-hydrogen) atoms. The van der Waals surface area contributed by atoms with Crippen LogP contribution in [0.5, 0.6) is 0 Å². The number of amides is 2. The van der Waals surface area contributed by atoms with Crippen molar-refractivity contribution >= 4 is 63.4 Å². The molecule has 3 aromatic rings. The molecule has 2 aliphatic carbocycles. The lowest BCUT2D eigenvalue weighted by atomic mass is 9.79. The summed E-state index contributed by atoms with van der Waals surface area (Å²) in [5.41, 5.74) is 1.60. The first kappa shape index (κ1) is 31.8. The summed E-state index contributed by atoms with van der Waals surface area (Å²) in [6, 6.07) is 7.66. The molecule has 4 heterocycles. The van der Waals surface area contributed by atoms with Crippen LogP contribution in [0.1, 0.15) is 43.2 Å². The summed E-state index contributed by atoms with van der Waals surface area (Å²) in [6.07, 6.45) is 1.20. The lowest BCUT2D eigenvalue weighted by molar-refractivity contribution is -0.132. The second-order valence-electron chi connectivity index (χ2n) is 12.6. The number of hydrogen-bond acceptors (Lipinski definition) is 6. The van der Waals surface area contributed by atoms with Crippen molar-refractivity contribution in [2.75, 3.05) is 18.4 Å². The van der Waals surface area contributed by atoms with Gasteiger partial charge in [-0.2, -0.15) is 5.26 Å². The number of aromatic nitrogens is 1. The van der Waals surface area contributed by atoms with Gasteiger partial charge in [0.15, 0.2) is 5.82 Å². The Morgan fingerprint density at radius 3 is 2.64 bits per heavy atom. The van der Waals surface area contributed by atoms with Crippen LogP contribution in [0.25, 0.3) is 22.0 Å². The molecule has 2 amide bonds. The molecule has 9 nitrogen and oxygen atoms in total. The molecule has 13 heteroatoms. The number of nitrogens with one attached hydrogen (secondary N) is 1. The zero-order valence-corrected chi connectivity index (χ0v) is 27.2. The van der Waals surface area contributed by atoms with Gasteiger partial charge in [0, 0.05) is 54.3 Å². The highest BCUT2D eigenvalue weighted by Crippen LogP contribution is 2.46. The van der Waals surface area contributed by atoms with Crippen molar-refractivity contribution in [2.24, 2.45) is 11.8 Å². The fourth-order valence-electron chi connectivity index (χ4n) is 7.16. The van der Waals surface area contributed by atoms with Gasteiger partial charge in [0.25, 0.3) is 0 Å². The number of halogens is 4. The number of carbonyl (C=O) groups excluding carboxylic acids is 1. The Kier molecular flexibility index (Phi) is 8.34. The minimum atomic E-state index is -1.01. The van der Waals surface area contributed by atoms with Crippen molar-refractivity contribution < 1.29 is 24.2 Å². The van der Waals surface area contributed by atoms with E-state index in [4.69, 9.17) is 34.8 Å². The fraction of sp³-hybridized carbons (Fsp3) is 0.412. The number of fused-ring (bicyclic) bond motifs is 2. The molecule has 3 N–H and O–H groups in total. The number of aliphatic hydroxyl groups is 1. The third-order valence-corrected chi connectivity index (χ3v) is 10.8. The van der Waals surface area contributed by atoms with Gasteiger partial charge in [-0.05, 0) is 43.4 Å². The molecule has 3 saturated heterocycles. The molecule has 2 bridgehead atoms. The molecule has 2 aromatic carbocycles. The maximum absolute atomic E-state index is 16.8. The summed E-state index contributed by atoms with van der Waals surface area (Å²) >= 11 is 19.7. The Hall–Kier alpha value is -3.80. The van der Waals surface area contributed by atoms with E-state index in [1.807, 2.05) is 0 Å². The lowest BCUT2D eigenvalue weighted by Gasteiger charge is -2.37. The van der Waals surface area contributed by atoms with Crippen LogP contribution in [0.15, 0.2) is 24.3 Å². The van der Waals surface area contributed by atoms with Gasteiger partial charge in [-0.25, -0.2) is 14.2 Å². The number of hydrogen-bond donors (Lipinski definition) is 3. The number of rotatable bonds is 6. The number of carboxylic acid groups (broad SMARTS) is 1. The van der Waals surface area contributed by atoms with Crippen molar-refractivity contribution in [2.45, 2.75) is 62.8 Å². The van der Waals surface area contributed by atoms with Crippen LogP contribution in [0, 0.1) is 40.8 Å². The van der Waals surface area contributed by atoms with E-state index in [1.54, 1.807) is 29.2 Å². The van der Waals surface area contributed by atoms with Crippen LogP contribution in [0.3, 0.4) is 0 Å². The van der Waals surface area contributed by atoms with Gasteiger partial charge in [0.1, 0.15) is 10.7 Å². The third-order valence-electron chi connectivity index (χ3n) is 9.69. The zero-order chi connectivity index (χ0) is 33.1. The Morgan fingerprint density at radius 2 is 1.94 bits per heavy atom. The molecule has 2 saturated carbocycles. The van der Waals surface area contributed by atoms with Crippen LogP contribution in [0.4, 0.5) is 14.9 Å². The predicted octanol–water partition coefficient (Wildman–Crippen LogP) is 6.34. The zero-order valence-electron chi connectivity index (χ0n) is 24.9. The summed E-state index contributed by atoms with van der Waals surface area (Å²) in [4.78, 5) is 32.3. The lowest BCUT2D eigenvalue weighted by Crippen LogP contribution is -2.49. The molecule has 5 fully saturated rings. The summed E-state index contributed by atoms with van der Waals surface area (Å²) < 4.78 is 16.8. The minimum absolute atomic E-state index is 0.0295. The average molecular weight is 697 g/mol. The Labute approximate surface area is 285 Å². The molecule has 8 rings (SSSR count). The SMILES string of the molecule is N#CCCc1cc2c(N[C@H]3[C@@H]4C[C@H]3N(C(=O)O)C4)c(C#C[C@H]3C[C@H](O)CN3C(=O)C3CC3)c(Cl)nc2c(F)c1-c1cccc(Cl)c1Cl. The number of aliphatic hydroxyl groups excluding tert-OH is 1. The van der Waals surface area contributed by atoms with Crippen LogP contribution in [-0.2, 0) is 11.2 Å². The first-order valence-electron chi connectivity index (χ1n) is 15.5. The topological polar surface area (TPSA) is 130 Å². The average Bonchev–Trinajstić information content (AvgIpc) is 3.52. The Balaban J connectivity index is 1.40. The smallest absolute Gasteiger partial charge is 0.407 e. The highest BCUT2D eigenvalue weighted by atomic mass is 35.5. The van der Waals surface area contributed by atoms with E-state index in [1.165, 1.54) is 4.90 Å². The number of pyridine rings is 1. The number of benzene rings is 2. The van der Waals surface area contributed by atoms with E-state index in [0.29, 0.717) is 35.2 Å². The second-order valence-corrected chi connectivity index (χ2v) is 13.8. The highest BCUT2D eigenvalue weighted by Gasteiger charge is 2.54. The third kappa shape index (κ3) is 5.62. The van der Waals surface area contributed by atoms with Gasteiger partial charge in [-0.1, -0.05) is 58.8 Å². The van der Waals surface area contributed by atoms with Gasteiger partial charge in [0.05, 0.1) is 51.6 Å². The number of nitriles is 1. The first-order valence-corrected chi connectivity index (χ1v) is 16.6. The van der Waals surface area contributed by atoms with Crippen LogP contribution in [0.2, 0.25) is 15.2 Å². The first-order chi connectivity index (χ1) is 22.6. The molecule has 242 valence electrons. The van der Waals surface area contributed by atoms with E-state index in [-0.39, 0.29) is 87.5 Å². The number of carbonyl (C=O) groups is 2. The minimum Gasteiger partial charge on any atom is -0.465 e.